The van der Waals surface area contributed by atoms with Crippen LogP contribution in [0.2, 0.25) is 0 Å². The van der Waals surface area contributed by atoms with Gasteiger partial charge < -0.3 is 16.4 Å². The van der Waals surface area contributed by atoms with Gasteiger partial charge in [-0.05, 0) is 30.5 Å². The van der Waals surface area contributed by atoms with E-state index < -0.39 is 0 Å². The van der Waals surface area contributed by atoms with Gasteiger partial charge in [0.2, 0.25) is 5.91 Å². The first kappa shape index (κ1) is 9.51. The van der Waals surface area contributed by atoms with Crippen LogP contribution in [-0.2, 0) is 10.2 Å². The van der Waals surface area contributed by atoms with Gasteiger partial charge in [-0.25, -0.2) is 0 Å². The lowest BCUT2D eigenvalue weighted by Crippen LogP contribution is -2.40. The molecule has 4 nitrogen and oxygen atoms in total. The quantitative estimate of drug-likeness (QED) is 0.627. The molecule has 84 valence electrons. The van der Waals surface area contributed by atoms with Crippen LogP contribution in [0.3, 0.4) is 0 Å². The number of nitrogen functional groups attached to an aromatic ring is 1. The van der Waals surface area contributed by atoms with Crippen LogP contribution in [0.25, 0.3) is 0 Å². The van der Waals surface area contributed by atoms with E-state index in [1.54, 1.807) is 0 Å². The maximum Gasteiger partial charge on any atom is 0.235 e. The monoisotopic (exact) mass is 217 g/mol. The third-order valence-electron chi connectivity index (χ3n) is 3.85. The topological polar surface area (TPSA) is 67.1 Å². The molecule has 0 unspecified atom stereocenters. The van der Waals surface area contributed by atoms with E-state index >= 15 is 0 Å². The summed E-state index contributed by atoms with van der Waals surface area (Å²) in [6, 6.07) is 3.90. The van der Waals surface area contributed by atoms with Crippen molar-refractivity contribution < 1.29 is 4.79 Å². The third-order valence-corrected chi connectivity index (χ3v) is 3.85. The molecule has 0 radical (unpaired) electrons. The van der Waals surface area contributed by atoms with Crippen LogP contribution in [0.15, 0.2) is 12.1 Å². The molecule has 1 aliphatic heterocycles. The average Bonchev–Trinajstić information content (AvgIpc) is 2.50. The fourth-order valence-corrected chi connectivity index (χ4v) is 2.71. The van der Waals surface area contributed by atoms with E-state index in [1.807, 2.05) is 19.2 Å². The van der Waals surface area contributed by atoms with Gasteiger partial charge in [0.1, 0.15) is 0 Å². The van der Waals surface area contributed by atoms with Crippen LogP contribution >= 0.6 is 0 Å². The van der Waals surface area contributed by atoms with Gasteiger partial charge in [-0.15, -0.1) is 0 Å². The molecule has 16 heavy (non-hydrogen) atoms. The minimum absolute atomic E-state index is 0.119. The van der Waals surface area contributed by atoms with Gasteiger partial charge in [0.05, 0.1) is 16.8 Å². The number of hydrogen-bond acceptors (Lipinski definition) is 3. The number of carbonyl (C=O) groups is 1. The first-order chi connectivity index (χ1) is 7.67. The zero-order valence-electron chi connectivity index (χ0n) is 9.26. The van der Waals surface area contributed by atoms with E-state index in [2.05, 4.69) is 10.6 Å². The van der Waals surface area contributed by atoms with E-state index in [0.29, 0.717) is 5.69 Å². The van der Waals surface area contributed by atoms with Crippen molar-refractivity contribution in [2.45, 2.75) is 24.7 Å². The van der Waals surface area contributed by atoms with Crippen LogP contribution in [-0.4, -0.2) is 13.0 Å². The summed E-state index contributed by atoms with van der Waals surface area (Å²) in [4.78, 5) is 12.0. The van der Waals surface area contributed by atoms with Gasteiger partial charge in [0.25, 0.3) is 0 Å². The minimum atomic E-state index is -0.281. The summed E-state index contributed by atoms with van der Waals surface area (Å²) < 4.78 is 0. The van der Waals surface area contributed by atoms with Crippen molar-refractivity contribution in [1.82, 2.24) is 0 Å². The molecule has 1 spiro atoms. The Morgan fingerprint density at radius 2 is 2.19 bits per heavy atom. The first-order valence-corrected chi connectivity index (χ1v) is 5.60. The predicted octanol–water partition coefficient (Wildman–Crippen LogP) is 1.68. The van der Waals surface area contributed by atoms with Crippen molar-refractivity contribution in [3.05, 3.63) is 17.7 Å². The highest BCUT2D eigenvalue weighted by Crippen LogP contribution is 2.53. The molecule has 0 saturated heterocycles. The molecule has 1 heterocycles. The Labute approximate surface area is 94.2 Å². The van der Waals surface area contributed by atoms with E-state index in [1.165, 1.54) is 0 Å². The number of amides is 1. The molecular formula is C12H15N3O. The molecule has 1 aromatic carbocycles. The predicted molar refractivity (Wildman–Crippen MR) is 64.6 cm³/mol. The van der Waals surface area contributed by atoms with Gasteiger partial charge >= 0.3 is 0 Å². The number of carbonyl (C=O) groups excluding carboxylic acids is 1. The number of anilines is 3. The van der Waals surface area contributed by atoms with Crippen LogP contribution in [0.4, 0.5) is 17.1 Å². The fraction of sp³-hybridized carbons (Fsp3) is 0.417. The summed E-state index contributed by atoms with van der Waals surface area (Å²) in [7, 11) is 1.86. The van der Waals surface area contributed by atoms with Crippen molar-refractivity contribution in [3.8, 4) is 0 Å². The summed E-state index contributed by atoms with van der Waals surface area (Å²) in [5.41, 5.74) is 9.20. The Balaban J connectivity index is 2.20. The summed E-state index contributed by atoms with van der Waals surface area (Å²) >= 11 is 0. The van der Waals surface area contributed by atoms with Crippen molar-refractivity contribution in [2.75, 3.05) is 23.4 Å². The van der Waals surface area contributed by atoms with Gasteiger partial charge in [-0.1, -0.05) is 6.42 Å². The fourth-order valence-electron chi connectivity index (χ4n) is 2.71. The minimum Gasteiger partial charge on any atom is -0.397 e. The number of rotatable bonds is 1. The smallest absolute Gasteiger partial charge is 0.235 e. The van der Waals surface area contributed by atoms with Gasteiger partial charge in [-0.2, -0.15) is 0 Å². The second kappa shape index (κ2) is 2.90. The third kappa shape index (κ3) is 0.965. The van der Waals surface area contributed by atoms with Gasteiger partial charge in [-0.3, -0.25) is 4.79 Å². The lowest BCUT2D eigenvalue weighted by atomic mass is 9.65. The van der Waals surface area contributed by atoms with Crippen molar-refractivity contribution in [3.63, 3.8) is 0 Å². The molecule has 1 aromatic rings. The molecule has 3 rings (SSSR count). The maximum absolute atomic E-state index is 12.0. The van der Waals surface area contributed by atoms with E-state index in [4.69, 9.17) is 5.73 Å². The molecule has 0 aromatic heterocycles. The van der Waals surface area contributed by atoms with Gasteiger partial charge in [0, 0.05) is 12.7 Å². The molecule has 1 fully saturated rings. The lowest BCUT2D eigenvalue weighted by Gasteiger charge is -2.36. The van der Waals surface area contributed by atoms with Crippen LogP contribution in [0, 0.1) is 0 Å². The molecule has 2 aliphatic rings. The normalized spacial score (nSPS) is 20.2. The molecule has 1 saturated carbocycles. The van der Waals surface area contributed by atoms with Gasteiger partial charge in [0.15, 0.2) is 0 Å². The Morgan fingerprint density at radius 3 is 2.75 bits per heavy atom. The standard InChI is InChI=1S/C12H15N3O/c1-14-7-5-8-10(9(13)6-7)15-11(16)12(8)3-2-4-12/h5-6,14H,2-4,13H2,1H3,(H,15,16). The second-order valence-electron chi connectivity index (χ2n) is 4.63. The molecular weight excluding hydrogens is 202 g/mol. The number of nitrogens with one attached hydrogen (secondary N) is 2. The summed E-state index contributed by atoms with van der Waals surface area (Å²) in [6.45, 7) is 0. The summed E-state index contributed by atoms with van der Waals surface area (Å²) in [5, 5.41) is 6.00. The second-order valence-corrected chi connectivity index (χ2v) is 4.63. The summed E-state index contributed by atoms with van der Waals surface area (Å²) in [6.07, 6.45) is 3.01. The lowest BCUT2D eigenvalue weighted by molar-refractivity contribution is -0.123. The molecule has 0 atom stereocenters. The Bertz CT molecular complexity index is 477. The van der Waals surface area contributed by atoms with Crippen molar-refractivity contribution in [2.24, 2.45) is 0 Å². The summed E-state index contributed by atoms with van der Waals surface area (Å²) in [5.74, 6) is 0.119. The molecule has 1 amide bonds. The van der Waals surface area contributed by atoms with E-state index in [-0.39, 0.29) is 11.3 Å². The van der Waals surface area contributed by atoms with Crippen molar-refractivity contribution >= 4 is 23.0 Å². The van der Waals surface area contributed by atoms with E-state index in [9.17, 15) is 4.79 Å². The zero-order valence-corrected chi connectivity index (χ0v) is 9.26. The largest absolute Gasteiger partial charge is 0.397 e. The van der Waals surface area contributed by atoms with E-state index in [0.717, 1.165) is 36.2 Å². The van der Waals surface area contributed by atoms with Crippen molar-refractivity contribution in [1.29, 1.82) is 0 Å². The number of hydrogen-bond donors (Lipinski definition) is 3. The first-order valence-electron chi connectivity index (χ1n) is 5.60. The van der Waals surface area contributed by atoms with Crippen LogP contribution < -0.4 is 16.4 Å². The number of benzene rings is 1. The molecule has 1 aliphatic carbocycles. The molecule has 4 heteroatoms. The zero-order chi connectivity index (χ0) is 11.3. The maximum atomic E-state index is 12.0. The van der Waals surface area contributed by atoms with Crippen LogP contribution in [0.5, 0.6) is 0 Å². The highest BCUT2D eigenvalue weighted by atomic mass is 16.2. The SMILES string of the molecule is CNc1cc(N)c2c(c1)C1(CCC1)C(=O)N2. The molecule has 0 bridgehead atoms. The average molecular weight is 217 g/mol. The highest BCUT2D eigenvalue weighted by molar-refractivity contribution is 6.10. The molecule has 4 N–H and O–H groups in total. The number of fused-ring (bicyclic) bond motifs is 2. The Hall–Kier alpha value is -1.71. The number of nitrogens with two attached hydrogens (primary N) is 1. The Morgan fingerprint density at radius 1 is 1.44 bits per heavy atom. The van der Waals surface area contributed by atoms with Crippen LogP contribution in [0.1, 0.15) is 24.8 Å². The highest BCUT2D eigenvalue weighted by Gasteiger charge is 2.51. The Kier molecular flexibility index (Phi) is 1.73.